The SMILES string of the molecule is CCCCN(CC(C)(N)c1ccccc1)c1ccccc1. The average Bonchev–Trinajstić information content (AvgIpc) is 2.53. The van der Waals surface area contributed by atoms with E-state index in [-0.39, 0.29) is 5.54 Å². The van der Waals surface area contributed by atoms with Gasteiger partial charge in [-0.1, -0.05) is 61.9 Å². The van der Waals surface area contributed by atoms with Gasteiger partial charge in [0.25, 0.3) is 0 Å². The number of rotatable bonds is 7. The Labute approximate surface area is 128 Å². The van der Waals surface area contributed by atoms with E-state index in [1.54, 1.807) is 0 Å². The van der Waals surface area contributed by atoms with Crippen molar-refractivity contribution < 1.29 is 0 Å². The predicted molar refractivity (Wildman–Crippen MR) is 91.5 cm³/mol. The molecule has 2 aromatic carbocycles. The summed E-state index contributed by atoms with van der Waals surface area (Å²) in [6.45, 7) is 6.20. The van der Waals surface area contributed by atoms with Gasteiger partial charge < -0.3 is 10.6 Å². The zero-order chi connectivity index (χ0) is 15.1. The van der Waals surface area contributed by atoms with Crippen LogP contribution in [0.4, 0.5) is 5.69 Å². The first-order chi connectivity index (χ1) is 10.1. The highest BCUT2D eigenvalue weighted by Crippen LogP contribution is 2.23. The number of nitrogens with two attached hydrogens (primary N) is 1. The van der Waals surface area contributed by atoms with Crippen LogP contribution in [0.3, 0.4) is 0 Å². The molecule has 2 aromatic rings. The van der Waals surface area contributed by atoms with Gasteiger partial charge in [0.2, 0.25) is 0 Å². The van der Waals surface area contributed by atoms with Crippen molar-refractivity contribution >= 4 is 5.69 Å². The molecule has 1 unspecified atom stereocenters. The minimum atomic E-state index is -0.356. The molecule has 0 fully saturated rings. The summed E-state index contributed by atoms with van der Waals surface area (Å²) in [6, 6.07) is 20.9. The van der Waals surface area contributed by atoms with Crippen LogP contribution >= 0.6 is 0 Å². The average molecular weight is 282 g/mol. The van der Waals surface area contributed by atoms with E-state index in [9.17, 15) is 0 Å². The zero-order valence-corrected chi connectivity index (χ0v) is 13.1. The molecule has 0 spiro atoms. The van der Waals surface area contributed by atoms with Crippen LogP contribution in [0.5, 0.6) is 0 Å². The zero-order valence-electron chi connectivity index (χ0n) is 13.1. The van der Waals surface area contributed by atoms with Gasteiger partial charge in [0.1, 0.15) is 0 Å². The molecular formula is C19H26N2. The Hall–Kier alpha value is -1.80. The smallest absolute Gasteiger partial charge is 0.0558 e. The molecule has 0 amide bonds. The minimum absolute atomic E-state index is 0.356. The summed E-state index contributed by atoms with van der Waals surface area (Å²) in [5.41, 5.74) is 8.68. The van der Waals surface area contributed by atoms with Crippen molar-refractivity contribution in [2.45, 2.75) is 32.2 Å². The Bertz CT molecular complexity index is 520. The second kappa shape index (κ2) is 7.28. The van der Waals surface area contributed by atoms with Gasteiger partial charge >= 0.3 is 0 Å². The van der Waals surface area contributed by atoms with Crippen LogP contribution < -0.4 is 10.6 Å². The monoisotopic (exact) mass is 282 g/mol. The lowest BCUT2D eigenvalue weighted by molar-refractivity contribution is 0.479. The number of anilines is 1. The topological polar surface area (TPSA) is 29.3 Å². The predicted octanol–water partition coefficient (Wildman–Crippen LogP) is 4.17. The van der Waals surface area contributed by atoms with E-state index in [0.717, 1.165) is 13.1 Å². The van der Waals surface area contributed by atoms with E-state index in [4.69, 9.17) is 5.73 Å². The van der Waals surface area contributed by atoms with E-state index in [1.807, 2.05) is 6.07 Å². The van der Waals surface area contributed by atoms with Crippen LogP contribution in [0.15, 0.2) is 60.7 Å². The van der Waals surface area contributed by atoms with Crippen molar-refractivity contribution in [1.29, 1.82) is 0 Å². The number of hydrogen-bond acceptors (Lipinski definition) is 2. The van der Waals surface area contributed by atoms with E-state index in [0.29, 0.717) is 0 Å². The molecule has 0 aliphatic rings. The number of para-hydroxylation sites is 1. The molecule has 0 aliphatic carbocycles. The maximum atomic E-state index is 6.61. The molecule has 1 atom stereocenters. The van der Waals surface area contributed by atoms with Crippen LogP contribution in [0.1, 0.15) is 32.3 Å². The Morgan fingerprint density at radius 1 is 0.952 bits per heavy atom. The number of nitrogens with zero attached hydrogens (tertiary/aromatic N) is 1. The first kappa shape index (κ1) is 15.6. The third kappa shape index (κ3) is 4.33. The van der Waals surface area contributed by atoms with Crippen LogP contribution in [0, 0.1) is 0 Å². The Morgan fingerprint density at radius 3 is 2.10 bits per heavy atom. The fourth-order valence-corrected chi connectivity index (χ4v) is 2.59. The standard InChI is InChI=1S/C19H26N2/c1-3-4-15-21(18-13-9-6-10-14-18)16-19(2,20)17-11-7-5-8-12-17/h5-14H,3-4,15-16,20H2,1-2H3. The lowest BCUT2D eigenvalue weighted by atomic mass is 9.92. The fourth-order valence-electron chi connectivity index (χ4n) is 2.59. The maximum absolute atomic E-state index is 6.61. The molecule has 0 aliphatic heterocycles. The van der Waals surface area contributed by atoms with E-state index >= 15 is 0 Å². The van der Waals surface area contributed by atoms with Crippen molar-refractivity contribution in [3.63, 3.8) is 0 Å². The molecule has 0 aromatic heterocycles. The second-order valence-electron chi connectivity index (χ2n) is 5.89. The summed E-state index contributed by atoms with van der Waals surface area (Å²) in [4.78, 5) is 2.40. The van der Waals surface area contributed by atoms with Crippen molar-refractivity contribution in [1.82, 2.24) is 0 Å². The van der Waals surface area contributed by atoms with Gasteiger partial charge in [-0.15, -0.1) is 0 Å². The molecule has 2 rings (SSSR count). The minimum Gasteiger partial charge on any atom is -0.369 e. The van der Waals surface area contributed by atoms with Gasteiger partial charge in [-0.2, -0.15) is 0 Å². The van der Waals surface area contributed by atoms with Gasteiger partial charge in [-0.25, -0.2) is 0 Å². The van der Waals surface area contributed by atoms with Crippen molar-refractivity contribution in [2.24, 2.45) is 5.73 Å². The maximum Gasteiger partial charge on any atom is 0.0558 e. The van der Waals surface area contributed by atoms with Crippen molar-refractivity contribution in [3.05, 3.63) is 66.2 Å². The Morgan fingerprint density at radius 2 is 1.52 bits per heavy atom. The van der Waals surface area contributed by atoms with Crippen LogP contribution in [0.25, 0.3) is 0 Å². The highest BCUT2D eigenvalue weighted by atomic mass is 15.1. The van der Waals surface area contributed by atoms with Crippen molar-refractivity contribution in [3.8, 4) is 0 Å². The molecule has 0 bridgehead atoms. The lowest BCUT2D eigenvalue weighted by Crippen LogP contribution is -2.46. The van der Waals surface area contributed by atoms with Gasteiger partial charge in [-0.3, -0.25) is 0 Å². The van der Waals surface area contributed by atoms with Crippen LogP contribution in [-0.2, 0) is 5.54 Å². The second-order valence-corrected chi connectivity index (χ2v) is 5.89. The molecule has 0 saturated carbocycles. The summed E-state index contributed by atoms with van der Waals surface area (Å²) in [5, 5.41) is 0. The molecule has 0 saturated heterocycles. The normalized spacial score (nSPS) is 13.7. The van der Waals surface area contributed by atoms with Crippen LogP contribution in [-0.4, -0.2) is 13.1 Å². The highest BCUT2D eigenvalue weighted by molar-refractivity contribution is 5.47. The Balaban J connectivity index is 2.18. The third-order valence-corrected chi connectivity index (χ3v) is 3.86. The molecule has 2 heteroatoms. The molecular weight excluding hydrogens is 256 g/mol. The van der Waals surface area contributed by atoms with Gasteiger partial charge in [0.05, 0.1) is 5.54 Å². The number of hydrogen-bond donors (Lipinski definition) is 1. The molecule has 0 radical (unpaired) electrons. The van der Waals surface area contributed by atoms with E-state index < -0.39 is 0 Å². The van der Waals surface area contributed by atoms with Crippen LogP contribution in [0.2, 0.25) is 0 Å². The first-order valence-electron chi connectivity index (χ1n) is 7.78. The lowest BCUT2D eigenvalue weighted by Gasteiger charge is -2.34. The largest absolute Gasteiger partial charge is 0.369 e. The quantitative estimate of drug-likeness (QED) is 0.826. The molecule has 112 valence electrons. The molecule has 21 heavy (non-hydrogen) atoms. The summed E-state index contributed by atoms with van der Waals surface area (Å²) >= 11 is 0. The number of unbranched alkanes of at least 4 members (excludes halogenated alkanes) is 1. The summed E-state index contributed by atoms with van der Waals surface area (Å²) in [5.74, 6) is 0. The van der Waals surface area contributed by atoms with Gasteiger partial charge in [0, 0.05) is 18.8 Å². The molecule has 2 N–H and O–H groups in total. The third-order valence-electron chi connectivity index (χ3n) is 3.86. The number of benzene rings is 2. The first-order valence-corrected chi connectivity index (χ1v) is 7.78. The fraction of sp³-hybridized carbons (Fsp3) is 0.368. The summed E-state index contributed by atoms with van der Waals surface area (Å²) in [6.07, 6.45) is 2.37. The highest BCUT2D eigenvalue weighted by Gasteiger charge is 2.24. The van der Waals surface area contributed by atoms with E-state index in [2.05, 4.69) is 73.3 Å². The van der Waals surface area contributed by atoms with E-state index in [1.165, 1.54) is 24.1 Å². The summed E-state index contributed by atoms with van der Waals surface area (Å²) < 4.78 is 0. The van der Waals surface area contributed by atoms with Gasteiger partial charge in [-0.05, 0) is 31.0 Å². The summed E-state index contributed by atoms with van der Waals surface area (Å²) in [7, 11) is 0. The van der Waals surface area contributed by atoms with Gasteiger partial charge in [0.15, 0.2) is 0 Å². The Kier molecular flexibility index (Phi) is 5.40. The molecule has 0 heterocycles. The van der Waals surface area contributed by atoms with Crippen molar-refractivity contribution in [2.75, 3.05) is 18.0 Å². The molecule has 2 nitrogen and oxygen atoms in total.